The molecule has 5 heteroatoms. The van der Waals surface area contributed by atoms with E-state index in [0.29, 0.717) is 11.5 Å². The van der Waals surface area contributed by atoms with Gasteiger partial charge in [0.05, 0.1) is 4.92 Å². The van der Waals surface area contributed by atoms with Crippen LogP contribution in [0.4, 0.5) is 17.2 Å². The van der Waals surface area contributed by atoms with Crippen molar-refractivity contribution in [2.24, 2.45) is 0 Å². The van der Waals surface area contributed by atoms with E-state index in [-0.39, 0.29) is 5.69 Å². The number of pyridine rings is 1. The van der Waals surface area contributed by atoms with Crippen LogP contribution in [0.1, 0.15) is 5.69 Å². The van der Waals surface area contributed by atoms with Crippen LogP contribution in [0, 0.1) is 17.0 Å². The quantitative estimate of drug-likeness (QED) is 0.648. The fourth-order valence-electron chi connectivity index (χ4n) is 1.46. The van der Waals surface area contributed by atoms with Gasteiger partial charge in [-0.25, -0.2) is 4.98 Å². The summed E-state index contributed by atoms with van der Waals surface area (Å²) in [5.74, 6) is 0.672. The molecule has 0 spiro atoms. The lowest BCUT2D eigenvalue weighted by atomic mass is 10.3. The van der Waals surface area contributed by atoms with E-state index in [4.69, 9.17) is 0 Å². The van der Waals surface area contributed by atoms with Gasteiger partial charge in [0.25, 0.3) is 5.69 Å². The first-order valence-corrected chi connectivity index (χ1v) is 5.10. The molecule has 2 rings (SSSR count). The summed E-state index contributed by atoms with van der Waals surface area (Å²) in [4.78, 5) is 14.5. The Morgan fingerprint density at radius 1 is 1.24 bits per heavy atom. The lowest BCUT2D eigenvalue weighted by Gasteiger charge is -2.05. The molecular weight excluding hydrogens is 218 g/mol. The third-order valence-electron chi connectivity index (χ3n) is 2.22. The summed E-state index contributed by atoms with van der Waals surface area (Å²) in [6.07, 6.45) is 0. The van der Waals surface area contributed by atoms with Crippen LogP contribution < -0.4 is 5.32 Å². The van der Waals surface area contributed by atoms with Crippen molar-refractivity contribution >= 4 is 17.2 Å². The van der Waals surface area contributed by atoms with Gasteiger partial charge in [-0.15, -0.1) is 0 Å². The topological polar surface area (TPSA) is 68.1 Å². The van der Waals surface area contributed by atoms with Gasteiger partial charge in [0, 0.05) is 23.5 Å². The van der Waals surface area contributed by atoms with Gasteiger partial charge in [0.1, 0.15) is 5.82 Å². The Labute approximate surface area is 98.3 Å². The molecule has 0 saturated carbocycles. The summed E-state index contributed by atoms with van der Waals surface area (Å²) in [6.45, 7) is 1.89. The summed E-state index contributed by atoms with van der Waals surface area (Å²) in [5, 5.41) is 13.6. The molecule has 0 bridgehead atoms. The molecule has 1 N–H and O–H groups in total. The zero-order chi connectivity index (χ0) is 12.3. The number of hydrogen-bond acceptors (Lipinski definition) is 4. The summed E-state index contributed by atoms with van der Waals surface area (Å²) < 4.78 is 0. The highest BCUT2D eigenvalue weighted by Gasteiger charge is 2.05. The number of aryl methyl sites for hydroxylation is 1. The number of nitro benzene ring substituents is 1. The predicted molar refractivity (Wildman–Crippen MR) is 65.4 cm³/mol. The standard InChI is InChI=1S/C12H11N3O2/c1-9-4-2-7-12(13-9)14-10-5-3-6-11(8-10)15(16)17/h2-8H,1H3,(H,13,14). The van der Waals surface area contributed by atoms with Gasteiger partial charge in [0.15, 0.2) is 0 Å². The number of nitrogens with zero attached hydrogens (tertiary/aromatic N) is 2. The lowest BCUT2D eigenvalue weighted by Crippen LogP contribution is -1.95. The van der Waals surface area contributed by atoms with Crippen LogP contribution in [0.25, 0.3) is 0 Å². The molecular formula is C12H11N3O2. The van der Waals surface area contributed by atoms with Crippen molar-refractivity contribution in [3.05, 3.63) is 58.3 Å². The number of non-ortho nitro benzene ring substituents is 1. The van der Waals surface area contributed by atoms with Gasteiger partial charge in [-0.3, -0.25) is 10.1 Å². The van der Waals surface area contributed by atoms with Crippen LogP contribution in [-0.2, 0) is 0 Å². The summed E-state index contributed by atoms with van der Waals surface area (Å²) in [6, 6.07) is 11.9. The van der Waals surface area contributed by atoms with E-state index in [1.165, 1.54) is 12.1 Å². The van der Waals surface area contributed by atoms with E-state index in [9.17, 15) is 10.1 Å². The van der Waals surface area contributed by atoms with E-state index in [2.05, 4.69) is 10.3 Å². The summed E-state index contributed by atoms with van der Waals surface area (Å²) >= 11 is 0. The Bertz CT molecular complexity index is 555. The van der Waals surface area contributed by atoms with Gasteiger partial charge in [-0.1, -0.05) is 12.1 Å². The van der Waals surface area contributed by atoms with Gasteiger partial charge >= 0.3 is 0 Å². The number of hydrogen-bond donors (Lipinski definition) is 1. The number of aromatic nitrogens is 1. The normalized spacial score (nSPS) is 9.94. The van der Waals surface area contributed by atoms with E-state index in [1.54, 1.807) is 12.1 Å². The van der Waals surface area contributed by atoms with E-state index in [1.807, 2.05) is 25.1 Å². The van der Waals surface area contributed by atoms with Gasteiger partial charge in [-0.2, -0.15) is 0 Å². The maximum atomic E-state index is 10.6. The van der Waals surface area contributed by atoms with Crippen LogP contribution in [-0.4, -0.2) is 9.91 Å². The van der Waals surface area contributed by atoms with Crippen LogP contribution in [0.15, 0.2) is 42.5 Å². The highest BCUT2D eigenvalue weighted by Crippen LogP contribution is 2.20. The van der Waals surface area contributed by atoms with Crippen LogP contribution in [0.5, 0.6) is 0 Å². The highest BCUT2D eigenvalue weighted by molar-refractivity contribution is 5.59. The second-order valence-corrected chi connectivity index (χ2v) is 3.60. The fraction of sp³-hybridized carbons (Fsp3) is 0.0833. The molecule has 86 valence electrons. The first kappa shape index (κ1) is 11.1. The van der Waals surface area contributed by atoms with E-state index >= 15 is 0 Å². The molecule has 0 unspecified atom stereocenters. The van der Waals surface area contributed by atoms with Crippen LogP contribution in [0.3, 0.4) is 0 Å². The van der Waals surface area contributed by atoms with Crippen LogP contribution in [0.2, 0.25) is 0 Å². The molecule has 1 aromatic carbocycles. The number of nitro groups is 1. The van der Waals surface area contributed by atoms with Crippen molar-refractivity contribution in [2.45, 2.75) is 6.92 Å². The molecule has 0 amide bonds. The fourth-order valence-corrected chi connectivity index (χ4v) is 1.46. The van der Waals surface area contributed by atoms with Crippen LogP contribution >= 0.6 is 0 Å². The number of anilines is 2. The molecule has 0 aliphatic carbocycles. The van der Waals surface area contributed by atoms with Crippen molar-refractivity contribution in [1.29, 1.82) is 0 Å². The lowest BCUT2D eigenvalue weighted by molar-refractivity contribution is -0.384. The zero-order valence-electron chi connectivity index (χ0n) is 9.25. The minimum Gasteiger partial charge on any atom is -0.340 e. The third kappa shape index (κ3) is 2.78. The molecule has 1 aromatic heterocycles. The van der Waals surface area contributed by atoms with Crippen molar-refractivity contribution in [2.75, 3.05) is 5.32 Å². The average Bonchev–Trinajstić information content (AvgIpc) is 2.29. The van der Waals surface area contributed by atoms with Gasteiger partial charge in [0.2, 0.25) is 0 Å². The molecule has 0 atom stereocenters. The minimum atomic E-state index is -0.422. The van der Waals surface area contributed by atoms with Crippen molar-refractivity contribution < 1.29 is 4.92 Å². The van der Waals surface area contributed by atoms with Crippen molar-refractivity contribution in [3.63, 3.8) is 0 Å². The third-order valence-corrected chi connectivity index (χ3v) is 2.22. The molecule has 5 nitrogen and oxygen atoms in total. The SMILES string of the molecule is Cc1cccc(Nc2cccc([N+](=O)[O-])c2)n1. The van der Waals surface area contributed by atoms with E-state index < -0.39 is 4.92 Å². The monoisotopic (exact) mass is 229 g/mol. The second kappa shape index (κ2) is 4.61. The van der Waals surface area contributed by atoms with Crippen molar-refractivity contribution in [3.8, 4) is 0 Å². The largest absolute Gasteiger partial charge is 0.340 e. The first-order valence-electron chi connectivity index (χ1n) is 5.10. The second-order valence-electron chi connectivity index (χ2n) is 3.60. The number of benzene rings is 1. The zero-order valence-corrected chi connectivity index (χ0v) is 9.25. The summed E-state index contributed by atoms with van der Waals surface area (Å²) in [7, 11) is 0. The molecule has 17 heavy (non-hydrogen) atoms. The average molecular weight is 229 g/mol. The highest BCUT2D eigenvalue weighted by atomic mass is 16.6. The Morgan fingerprint density at radius 2 is 2.00 bits per heavy atom. The van der Waals surface area contributed by atoms with E-state index in [0.717, 1.165) is 5.69 Å². The maximum absolute atomic E-state index is 10.6. The molecule has 0 saturated heterocycles. The van der Waals surface area contributed by atoms with Gasteiger partial charge < -0.3 is 5.32 Å². The Hall–Kier alpha value is -2.43. The summed E-state index contributed by atoms with van der Waals surface area (Å²) in [5.41, 5.74) is 1.60. The maximum Gasteiger partial charge on any atom is 0.271 e. The van der Waals surface area contributed by atoms with Gasteiger partial charge in [-0.05, 0) is 25.1 Å². The molecule has 2 aromatic rings. The molecule has 1 heterocycles. The smallest absolute Gasteiger partial charge is 0.271 e. The first-order chi connectivity index (χ1) is 8.15. The predicted octanol–water partition coefficient (Wildman–Crippen LogP) is 3.04. The minimum absolute atomic E-state index is 0.0580. The molecule has 0 fully saturated rings. The number of rotatable bonds is 3. The Kier molecular flexibility index (Phi) is 3.00. The number of nitrogens with one attached hydrogen (secondary N) is 1. The Morgan fingerprint density at radius 3 is 2.71 bits per heavy atom. The molecule has 0 aliphatic heterocycles. The Balaban J connectivity index is 2.24. The van der Waals surface area contributed by atoms with Crippen molar-refractivity contribution in [1.82, 2.24) is 4.98 Å². The molecule has 0 radical (unpaired) electrons. The molecule has 0 aliphatic rings.